The maximum absolute atomic E-state index is 12.1. The summed E-state index contributed by atoms with van der Waals surface area (Å²) in [4.78, 5) is 12.1. The lowest BCUT2D eigenvalue weighted by Crippen LogP contribution is -2.34. The Kier molecular flexibility index (Phi) is 5.49. The summed E-state index contributed by atoms with van der Waals surface area (Å²) < 4.78 is 14.9. The molecule has 22 heavy (non-hydrogen) atoms. The summed E-state index contributed by atoms with van der Waals surface area (Å²) in [6.45, 7) is -0.389. The number of aliphatic hydroxyl groups excluding tert-OH is 3. The van der Waals surface area contributed by atoms with Crippen molar-refractivity contribution in [1.82, 2.24) is 0 Å². The number of hydrogen-bond acceptors (Lipinski definition) is 7. The van der Waals surface area contributed by atoms with E-state index in [0.29, 0.717) is 0 Å². The summed E-state index contributed by atoms with van der Waals surface area (Å²) in [5, 5.41) is 28.5. The molecule has 1 aromatic carbocycles. The molecule has 0 saturated carbocycles. The molecular formula is C13H14Cl2O7. The number of halogens is 2. The topological polar surface area (TPSA) is 105 Å². The Balaban J connectivity index is 2.09. The van der Waals surface area contributed by atoms with Gasteiger partial charge in [-0.25, -0.2) is 4.79 Å². The SMILES string of the molecule is COc1c(Cl)ccc(Cl)c1C(=O)OC[C@H]1OC(O)[C@H](O)[C@@H]1O. The number of hydrogen-bond donors (Lipinski definition) is 3. The van der Waals surface area contributed by atoms with E-state index in [-0.39, 0.29) is 28.0 Å². The molecule has 7 nitrogen and oxygen atoms in total. The van der Waals surface area contributed by atoms with Crippen LogP contribution in [0.2, 0.25) is 10.0 Å². The molecule has 3 N–H and O–H groups in total. The predicted octanol–water partition coefficient (Wildman–Crippen LogP) is 0.598. The van der Waals surface area contributed by atoms with E-state index in [4.69, 9.17) is 37.4 Å². The first-order valence-electron chi connectivity index (χ1n) is 6.25. The second-order valence-electron chi connectivity index (χ2n) is 4.58. The highest BCUT2D eigenvalue weighted by molar-refractivity contribution is 6.37. The molecular weight excluding hydrogens is 339 g/mol. The molecule has 1 unspecified atom stereocenters. The van der Waals surface area contributed by atoms with Gasteiger partial charge in [0, 0.05) is 0 Å². The van der Waals surface area contributed by atoms with Gasteiger partial charge in [0.05, 0.1) is 17.2 Å². The largest absolute Gasteiger partial charge is 0.494 e. The minimum atomic E-state index is -1.54. The molecule has 0 radical (unpaired) electrons. The minimum absolute atomic E-state index is 0.0622. The molecule has 0 bridgehead atoms. The molecule has 1 aliphatic heterocycles. The monoisotopic (exact) mass is 352 g/mol. The van der Waals surface area contributed by atoms with Crippen molar-refractivity contribution in [2.45, 2.75) is 24.6 Å². The highest BCUT2D eigenvalue weighted by atomic mass is 35.5. The van der Waals surface area contributed by atoms with Crippen LogP contribution < -0.4 is 4.74 Å². The zero-order chi connectivity index (χ0) is 16.4. The van der Waals surface area contributed by atoms with E-state index >= 15 is 0 Å². The third kappa shape index (κ3) is 3.29. The average Bonchev–Trinajstić information content (AvgIpc) is 2.74. The van der Waals surface area contributed by atoms with Gasteiger partial charge in [0.2, 0.25) is 0 Å². The van der Waals surface area contributed by atoms with E-state index in [2.05, 4.69) is 0 Å². The summed E-state index contributed by atoms with van der Waals surface area (Å²) in [7, 11) is 1.32. The Morgan fingerprint density at radius 3 is 2.41 bits per heavy atom. The lowest BCUT2D eigenvalue weighted by Gasteiger charge is -2.16. The van der Waals surface area contributed by atoms with Crippen LogP contribution in [0.3, 0.4) is 0 Å². The molecule has 122 valence electrons. The van der Waals surface area contributed by atoms with Crippen LogP contribution in [-0.2, 0) is 9.47 Å². The number of carbonyl (C=O) groups is 1. The summed E-state index contributed by atoms with van der Waals surface area (Å²) in [6, 6.07) is 2.88. The molecule has 0 spiro atoms. The van der Waals surface area contributed by atoms with Gasteiger partial charge in [0.1, 0.15) is 30.5 Å². The van der Waals surface area contributed by atoms with Gasteiger partial charge < -0.3 is 29.5 Å². The van der Waals surface area contributed by atoms with Crippen LogP contribution in [0.5, 0.6) is 5.75 Å². The van der Waals surface area contributed by atoms with E-state index < -0.39 is 30.6 Å². The summed E-state index contributed by atoms with van der Waals surface area (Å²) in [5.41, 5.74) is -0.0646. The average molecular weight is 353 g/mol. The van der Waals surface area contributed by atoms with Crippen molar-refractivity contribution in [3.8, 4) is 5.75 Å². The second kappa shape index (κ2) is 6.99. The maximum atomic E-state index is 12.1. The molecule has 0 aliphatic carbocycles. The molecule has 1 saturated heterocycles. The van der Waals surface area contributed by atoms with Gasteiger partial charge in [-0.05, 0) is 12.1 Å². The van der Waals surface area contributed by atoms with Crippen molar-refractivity contribution >= 4 is 29.2 Å². The van der Waals surface area contributed by atoms with Crippen LogP contribution in [-0.4, -0.2) is 59.6 Å². The fraction of sp³-hybridized carbons (Fsp3) is 0.462. The summed E-state index contributed by atoms with van der Waals surface area (Å²) >= 11 is 11.9. The fourth-order valence-electron chi connectivity index (χ4n) is 2.02. The van der Waals surface area contributed by atoms with Crippen LogP contribution in [0.1, 0.15) is 10.4 Å². The zero-order valence-electron chi connectivity index (χ0n) is 11.4. The number of aliphatic hydroxyl groups is 3. The molecule has 1 aliphatic rings. The van der Waals surface area contributed by atoms with Crippen LogP contribution >= 0.6 is 23.2 Å². The van der Waals surface area contributed by atoms with Gasteiger partial charge in [-0.2, -0.15) is 0 Å². The number of esters is 1. The fourth-order valence-corrected chi connectivity index (χ4v) is 2.48. The predicted molar refractivity (Wildman–Crippen MR) is 76.2 cm³/mol. The Bertz CT molecular complexity index is 566. The molecule has 1 aromatic rings. The van der Waals surface area contributed by atoms with E-state index in [1.54, 1.807) is 0 Å². The van der Waals surface area contributed by atoms with Crippen molar-refractivity contribution in [2.24, 2.45) is 0 Å². The van der Waals surface area contributed by atoms with Crippen molar-refractivity contribution in [3.05, 3.63) is 27.7 Å². The van der Waals surface area contributed by atoms with Gasteiger partial charge in [0.25, 0.3) is 0 Å². The minimum Gasteiger partial charge on any atom is -0.494 e. The first kappa shape index (κ1) is 17.3. The van der Waals surface area contributed by atoms with Crippen LogP contribution in [0.4, 0.5) is 0 Å². The molecule has 0 aromatic heterocycles. The first-order chi connectivity index (χ1) is 10.4. The molecule has 1 heterocycles. The first-order valence-corrected chi connectivity index (χ1v) is 7.01. The maximum Gasteiger partial charge on any atom is 0.343 e. The van der Waals surface area contributed by atoms with Crippen LogP contribution in [0.15, 0.2) is 12.1 Å². The lowest BCUT2D eigenvalue weighted by molar-refractivity contribution is -0.133. The highest BCUT2D eigenvalue weighted by Gasteiger charge is 2.42. The zero-order valence-corrected chi connectivity index (χ0v) is 12.9. The quantitative estimate of drug-likeness (QED) is 0.681. The molecule has 4 atom stereocenters. The van der Waals surface area contributed by atoms with Gasteiger partial charge in [0.15, 0.2) is 12.0 Å². The number of rotatable bonds is 4. The van der Waals surface area contributed by atoms with Crippen molar-refractivity contribution in [2.75, 3.05) is 13.7 Å². The summed E-state index contributed by atoms with van der Waals surface area (Å²) in [5.74, 6) is -0.775. The van der Waals surface area contributed by atoms with Gasteiger partial charge >= 0.3 is 5.97 Å². The van der Waals surface area contributed by atoms with Gasteiger partial charge in [-0.1, -0.05) is 23.2 Å². The highest BCUT2D eigenvalue weighted by Crippen LogP contribution is 2.34. The van der Waals surface area contributed by atoms with E-state index in [0.717, 1.165) is 0 Å². The molecule has 2 rings (SSSR count). The third-order valence-corrected chi connectivity index (χ3v) is 3.80. The van der Waals surface area contributed by atoms with Crippen molar-refractivity contribution in [3.63, 3.8) is 0 Å². The van der Waals surface area contributed by atoms with Crippen molar-refractivity contribution in [1.29, 1.82) is 0 Å². The van der Waals surface area contributed by atoms with Crippen LogP contribution in [0.25, 0.3) is 0 Å². The number of carbonyl (C=O) groups excluding carboxylic acids is 1. The lowest BCUT2D eigenvalue weighted by atomic mass is 10.1. The van der Waals surface area contributed by atoms with Crippen molar-refractivity contribution < 1.29 is 34.3 Å². The number of methoxy groups -OCH3 is 1. The second-order valence-corrected chi connectivity index (χ2v) is 5.40. The Morgan fingerprint density at radius 2 is 1.86 bits per heavy atom. The molecule has 1 fully saturated rings. The molecule has 0 amide bonds. The Hall–Kier alpha value is -1.09. The Morgan fingerprint density at radius 1 is 1.23 bits per heavy atom. The van der Waals surface area contributed by atoms with E-state index in [9.17, 15) is 20.1 Å². The smallest absolute Gasteiger partial charge is 0.343 e. The van der Waals surface area contributed by atoms with E-state index in [1.807, 2.05) is 0 Å². The number of benzene rings is 1. The molecule has 9 heteroatoms. The number of ether oxygens (including phenoxy) is 3. The van der Waals surface area contributed by atoms with E-state index in [1.165, 1.54) is 19.2 Å². The standard InChI is InChI=1S/C13H14Cl2O7/c1-20-11-6(15)3-2-5(14)8(11)12(18)21-4-7-9(16)10(17)13(19)22-7/h2-3,7,9-10,13,16-17,19H,4H2,1H3/t7-,9-,10-,13?/m1/s1. The third-order valence-electron chi connectivity index (χ3n) is 3.18. The van der Waals surface area contributed by atoms with Gasteiger partial charge in [-0.15, -0.1) is 0 Å². The normalized spacial score (nSPS) is 27.7. The Labute approximate surface area is 135 Å². The van der Waals surface area contributed by atoms with Gasteiger partial charge in [-0.3, -0.25) is 0 Å². The van der Waals surface area contributed by atoms with Crippen LogP contribution in [0, 0.1) is 0 Å². The summed E-state index contributed by atoms with van der Waals surface area (Å²) in [6.07, 6.45) is -5.44.